The molecule has 1 fully saturated rings. The van der Waals surface area contributed by atoms with E-state index in [1.165, 1.54) is 0 Å². The number of benzene rings is 1. The zero-order chi connectivity index (χ0) is 11.3. The topological polar surface area (TPSA) is 63.8 Å². The normalized spacial score (nSPS) is 15.5. The van der Waals surface area contributed by atoms with Gasteiger partial charge in [-0.25, -0.2) is 0 Å². The van der Waals surface area contributed by atoms with Crippen LogP contribution in [0.15, 0.2) is 23.0 Å². The summed E-state index contributed by atoms with van der Waals surface area (Å²) in [6, 6.07) is 5.63. The number of nitrogens with zero attached hydrogens (tertiary/aromatic N) is 1. The molecule has 0 unspecified atom stereocenters. The van der Waals surface area contributed by atoms with E-state index >= 15 is 0 Å². The Morgan fingerprint density at radius 1 is 1.44 bits per heavy atom. The molecule has 1 aromatic heterocycles. The molecule has 1 aromatic carbocycles. The number of H-pyrrole nitrogens is 1. The molecule has 82 valence electrons. The summed E-state index contributed by atoms with van der Waals surface area (Å²) >= 11 is 5.19. The van der Waals surface area contributed by atoms with Crippen molar-refractivity contribution in [2.75, 3.05) is 5.73 Å². The lowest BCUT2D eigenvalue weighted by atomic mass is 10.2. The van der Waals surface area contributed by atoms with Crippen molar-refractivity contribution >= 4 is 28.8 Å². The minimum absolute atomic E-state index is 0.0700. The largest absolute Gasteiger partial charge is 0.398 e. The Morgan fingerprint density at radius 3 is 2.88 bits per heavy atom. The van der Waals surface area contributed by atoms with Gasteiger partial charge in [0, 0.05) is 11.7 Å². The van der Waals surface area contributed by atoms with Crippen LogP contribution in [0.3, 0.4) is 0 Å². The van der Waals surface area contributed by atoms with Gasteiger partial charge in [0.25, 0.3) is 5.56 Å². The Hall–Kier alpha value is -1.62. The molecule has 2 aromatic rings. The third-order valence-corrected chi connectivity index (χ3v) is 3.20. The number of hydrogen-bond donors (Lipinski definition) is 2. The predicted molar refractivity (Wildman–Crippen MR) is 66.1 cm³/mol. The molecular formula is C11H11N3OS. The first-order valence-electron chi connectivity index (χ1n) is 5.21. The average molecular weight is 233 g/mol. The monoisotopic (exact) mass is 233 g/mol. The van der Waals surface area contributed by atoms with Crippen LogP contribution < -0.4 is 11.3 Å². The van der Waals surface area contributed by atoms with Crippen molar-refractivity contribution in [2.24, 2.45) is 0 Å². The second kappa shape index (κ2) is 3.18. The SMILES string of the molecule is Nc1cccc2[nH]c(=S)n(C3CC3)c(=O)c12. The second-order valence-corrected chi connectivity index (χ2v) is 4.49. The highest BCUT2D eigenvalue weighted by Crippen LogP contribution is 2.34. The number of nitrogens with one attached hydrogen (secondary N) is 1. The van der Waals surface area contributed by atoms with E-state index in [0.717, 1.165) is 12.8 Å². The molecule has 0 spiro atoms. The summed E-state index contributed by atoms with van der Waals surface area (Å²) in [4.78, 5) is 15.3. The summed E-state index contributed by atoms with van der Waals surface area (Å²) in [5.41, 5.74) is 6.98. The van der Waals surface area contributed by atoms with Crippen LogP contribution >= 0.6 is 12.2 Å². The predicted octanol–water partition coefficient (Wildman–Crippen LogP) is 1.98. The number of aromatic nitrogens is 2. The average Bonchev–Trinajstić information content (AvgIpc) is 3.01. The first-order chi connectivity index (χ1) is 7.68. The van der Waals surface area contributed by atoms with Crippen molar-refractivity contribution in [3.63, 3.8) is 0 Å². The third-order valence-electron chi connectivity index (χ3n) is 2.90. The molecule has 0 bridgehead atoms. The van der Waals surface area contributed by atoms with Crippen molar-refractivity contribution in [1.29, 1.82) is 0 Å². The molecule has 0 saturated heterocycles. The molecule has 0 amide bonds. The molecule has 1 aliphatic rings. The lowest BCUT2D eigenvalue weighted by Crippen LogP contribution is -2.22. The van der Waals surface area contributed by atoms with Gasteiger partial charge < -0.3 is 10.7 Å². The van der Waals surface area contributed by atoms with Gasteiger partial charge in [-0.15, -0.1) is 0 Å². The Kier molecular flexibility index (Phi) is 1.91. The molecule has 1 aliphatic carbocycles. The fourth-order valence-corrected chi connectivity index (χ4v) is 2.31. The molecule has 16 heavy (non-hydrogen) atoms. The van der Waals surface area contributed by atoms with Gasteiger partial charge in [0.1, 0.15) is 0 Å². The smallest absolute Gasteiger partial charge is 0.264 e. The van der Waals surface area contributed by atoms with Crippen LogP contribution in [0, 0.1) is 4.77 Å². The minimum atomic E-state index is -0.0700. The number of fused-ring (bicyclic) bond motifs is 1. The highest BCUT2D eigenvalue weighted by atomic mass is 32.1. The van der Waals surface area contributed by atoms with Crippen LogP contribution in [0.2, 0.25) is 0 Å². The lowest BCUT2D eigenvalue weighted by Gasteiger charge is -2.07. The number of anilines is 1. The van der Waals surface area contributed by atoms with Gasteiger partial charge in [-0.2, -0.15) is 0 Å². The van der Waals surface area contributed by atoms with E-state index in [1.807, 2.05) is 12.1 Å². The first kappa shape index (κ1) is 9.59. The van der Waals surface area contributed by atoms with Crippen molar-refractivity contribution in [2.45, 2.75) is 18.9 Å². The van der Waals surface area contributed by atoms with Crippen molar-refractivity contribution in [3.05, 3.63) is 33.3 Å². The summed E-state index contributed by atoms with van der Waals surface area (Å²) in [5.74, 6) is 0. The fraction of sp³-hybridized carbons (Fsp3) is 0.273. The Morgan fingerprint density at radius 2 is 2.19 bits per heavy atom. The van der Waals surface area contributed by atoms with Gasteiger partial charge in [0.15, 0.2) is 4.77 Å². The third kappa shape index (κ3) is 1.28. The molecule has 4 nitrogen and oxygen atoms in total. The van der Waals surface area contributed by atoms with Gasteiger partial charge in [0.05, 0.1) is 10.9 Å². The maximum Gasteiger partial charge on any atom is 0.264 e. The van der Waals surface area contributed by atoms with Gasteiger partial charge in [-0.05, 0) is 37.2 Å². The fourth-order valence-electron chi connectivity index (χ4n) is 1.97. The van der Waals surface area contributed by atoms with E-state index < -0.39 is 0 Å². The summed E-state index contributed by atoms with van der Waals surface area (Å²) in [6.07, 6.45) is 2.05. The van der Waals surface area contributed by atoms with E-state index in [2.05, 4.69) is 4.98 Å². The van der Waals surface area contributed by atoms with Crippen molar-refractivity contribution < 1.29 is 0 Å². The van der Waals surface area contributed by atoms with Crippen LogP contribution in [0.1, 0.15) is 18.9 Å². The number of nitrogens with two attached hydrogens (primary N) is 1. The molecular weight excluding hydrogens is 222 g/mol. The van der Waals surface area contributed by atoms with Crippen LogP contribution in [-0.2, 0) is 0 Å². The summed E-state index contributed by atoms with van der Waals surface area (Å²) in [6.45, 7) is 0. The lowest BCUT2D eigenvalue weighted by molar-refractivity contribution is 0.686. The van der Waals surface area contributed by atoms with Crippen LogP contribution in [0.25, 0.3) is 10.9 Å². The van der Waals surface area contributed by atoms with Gasteiger partial charge in [-0.3, -0.25) is 9.36 Å². The standard InChI is InChI=1S/C11H11N3OS/c12-7-2-1-3-8-9(7)10(15)14(6-4-5-6)11(16)13-8/h1-3,6H,4-5,12H2,(H,13,16). The second-order valence-electron chi connectivity index (χ2n) is 4.11. The van der Waals surface area contributed by atoms with Gasteiger partial charge in [0.2, 0.25) is 0 Å². The highest BCUT2D eigenvalue weighted by molar-refractivity contribution is 7.71. The van der Waals surface area contributed by atoms with E-state index in [1.54, 1.807) is 10.6 Å². The molecule has 3 N–H and O–H groups in total. The van der Waals surface area contributed by atoms with Crippen LogP contribution in [0.5, 0.6) is 0 Å². The van der Waals surface area contributed by atoms with Crippen LogP contribution in [0.4, 0.5) is 5.69 Å². The van der Waals surface area contributed by atoms with Crippen molar-refractivity contribution in [1.82, 2.24) is 9.55 Å². The number of rotatable bonds is 1. The summed E-state index contributed by atoms with van der Waals surface area (Å²) in [5, 5.41) is 0.544. The maximum absolute atomic E-state index is 12.2. The Bertz CT molecular complexity index is 682. The summed E-state index contributed by atoms with van der Waals surface area (Å²) in [7, 11) is 0. The Labute approximate surface area is 96.7 Å². The molecule has 1 heterocycles. The zero-order valence-electron chi connectivity index (χ0n) is 8.56. The molecule has 0 aliphatic heterocycles. The van der Waals surface area contributed by atoms with E-state index in [4.69, 9.17) is 18.0 Å². The zero-order valence-corrected chi connectivity index (χ0v) is 9.38. The molecule has 0 radical (unpaired) electrons. The van der Waals surface area contributed by atoms with Crippen molar-refractivity contribution in [3.8, 4) is 0 Å². The first-order valence-corrected chi connectivity index (χ1v) is 5.62. The maximum atomic E-state index is 12.2. The van der Waals surface area contributed by atoms with Gasteiger partial charge in [-0.1, -0.05) is 6.07 Å². The van der Waals surface area contributed by atoms with Crippen LogP contribution in [-0.4, -0.2) is 9.55 Å². The minimum Gasteiger partial charge on any atom is -0.398 e. The number of nitrogen functional groups attached to an aromatic ring is 1. The quantitative estimate of drug-likeness (QED) is 0.584. The highest BCUT2D eigenvalue weighted by Gasteiger charge is 2.26. The van der Waals surface area contributed by atoms with Gasteiger partial charge >= 0.3 is 0 Å². The van der Waals surface area contributed by atoms with E-state index in [-0.39, 0.29) is 11.6 Å². The number of aromatic amines is 1. The molecule has 3 rings (SSSR count). The van der Waals surface area contributed by atoms with E-state index in [0.29, 0.717) is 21.4 Å². The molecule has 1 saturated carbocycles. The molecule has 0 atom stereocenters. The number of hydrogen-bond acceptors (Lipinski definition) is 3. The van der Waals surface area contributed by atoms with E-state index in [9.17, 15) is 4.79 Å². The summed E-state index contributed by atoms with van der Waals surface area (Å²) < 4.78 is 2.14. The Balaban J connectivity index is 2.50. The molecule has 5 heteroatoms.